The maximum atomic E-state index is 5.94. The van der Waals surface area contributed by atoms with Crippen LogP contribution in [0.3, 0.4) is 0 Å². The van der Waals surface area contributed by atoms with E-state index in [0.29, 0.717) is 6.04 Å². The number of nitrogens with zero attached hydrogens (tertiary/aromatic N) is 2. The van der Waals surface area contributed by atoms with Gasteiger partial charge in [-0.1, -0.05) is 18.2 Å². The van der Waals surface area contributed by atoms with E-state index in [-0.39, 0.29) is 0 Å². The highest BCUT2D eigenvalue weighted by Gasteiger charge is 2.18. The van der Waals surface area contributed by atoms with Crippen molar-refractivity contribution in [3.05, 3.63) is 30.5 Å². The standard InChI is InChI=1S/C15H20N4/c16-12-7-5-11(6-8-12)9-17-15-10-18-19-14-4-2-1-3-13(14)15/h1-4,10-12H,5-9,16H2,(H,17,19). The lowest BCUT2D eigenvalue weighted by molar-refractivity contribution is 0.339. The van der Waals surface area contributed by atoms with Crippen LogP contribution in [0.5, 0.6) is 0 Å². The molecule has 3 N–H and O–H groups in total. The van der Waals surface area contributed by atoms with Crippen molar-refractivity contribution in [1.82, 2.24) is 10.2 Å². The summed E-state index contributed by atoms with van der Waals surface area (Å²) in [5, 5.41) is 12.9. The number of hydrogen-bond donors (Lipinski definition) is 2. The predicted molar refractivity (Wildman–Crippen MR) is 78.0 cm³/mol. The maximum absolute atomic E-state index is 5.94. The van der Waals surface area contributed by atoms with Gasteiger partial charge in [0.15, 0.2) is 0 Å². The van der Waals surface area contributed by atoms with Crippen molar-refractivity contribution in [3.63, 3.8) is 0 Å². The second-order valence-corrected chi connectivity index (χ2v) is 5.44. The van der Waals surface area contributed by atoms with Gasteiger partial charge < -0.3 is 11.1 Å². The van der Waals surface area contributed by atoms with E-state index >= 15 is 0 Å². The van der Waals surface area contributed by atoms with Gasteiger partial charge in [0.25, 0.3) is 0 Å². The summed E-state index contributed by atoms with van der Waals surface area (Å²) < 4.78 is 0. The van der Waals surface area contributed by atoms with Crippen LogP contribution in [0.15, 0.2) is 30.5 Å². The van der Waals surface area contributed by atoms with Crippen molar-refractivity contribution in [2.75, 3.05) is 11.9 Å². The third kappa shape index (κ3) is 2.84. The molecule has 4 heteroatoms. The Morgan fingerprint density at radius 2 is 1.95 bits per heavy atom. The number of aromatic nitrogens is 2. The summed E-state index contributed by atoms with van der Waals surface area (Å²) in [5.74, 6) is 0.728. The first kappa shape index (κ1) is 12.4. The molecule has 1 heterocycles. The van der Waals surface area contributed by atoms with Crippen LogP contribution in [0.2, 0.25) is 0 Å². The summed E-state index contributed by atoms with van der Waals surface area (Å²) >= 11 is 0. The minimum atomic E-state index is 0.416. The summed E-state index contributed by atoms with van der Waals surface area (Å²) in [5.41, 5.74) is 7.97. The normalized spacial score (nSPS) is 23.4. The molecule has 1 aromatic carbocycles. The number of hydrogen-bond acceptors (Lipinski definition) is 4. The zero-order valence-corrected chi connectivity index (χ0v) is 11.0. The van der Waals surface area contributed by atoms with Crippen molar-refractivity contribution in [1.29, 1.82) is 0 Å². The second kappa shape index (κ2) is 5.53. The molecule has 0 saturated heterocycles. The Kier molecular flexibility index (Phi) is 3.60. The van der Waals surface area contributed by atoms with Gasteiger partial charge in [0.05, 0.1) is 17.4 Å². The quantitative estimate of drug-likeness (QED) is 0.886. The van der Waals surface area contributed by atoms with Crippen LogP contribution >= 0.6 is 0 Å². The van der Waals surface area contributed by atoms with E-state index in [1.807, 2.05) is 24.4 Å². The van der Waals surface area contributed by atoms with E-state index in [9.17, 15) is 0 Å². The van der Waals surface area contributed by atoms with Crippen molar-refractivity contribution >= 4 is 16.6 Å². The molecule has 0 aliphatic heterocycles. The molecule has 1 fully saturated rings. The Morgan fingerprint density at radius 1 is 1.16 bits per heavy atom. The van der Waals surface area contributed by atoms with Crippen LogP contribution in [0.1, 0.15) is 25.7 Å². The Bertz CT molecular complexity index is 541. The minimum Gasteiger partial charge on any atom is -0.383 e. The molecule has 100 valence electrons. The van der Waals surface area contributed by atoms with Gasteiger partial charge in [0, 0.05) is 18.0 Å². The zero-order valence-electron chi connectivity index (χ0n) is 11.0. The molecule has 2 aromatic rings. The van der Waals surface area contributed by atoms with Gasteiger partial charge in [-0.3, -0.25) is 0 Å². The number of anilines is 1. The van der Waals surface area contributed by atoms with Gasteiger partial charge in [0.2, 0.25) is 0 Å². The Labute approximate surface area is 113 Å². The summed E-state index contributed by atoms with van der Waals surface area (Å²) in [6, 6.07) is 8.52. The van der Waals surface area contributed by atoms with Crippen LogP contribution in [0.25, 0.3) is 10.9 Å². The Balaban J connectivity index is 1.68. The minimum absolute atomic E-state index is 0.416. The predicted octanol–water partition coefficient (Wildman–Crippen LogP) is 2.56. The molecule has 3 rings (SSSR count). The lowest BCUT2D eigenvalue weighted by Gasteiger charge is -2.26. The zero-order chi connectivity index (χ0) is 13.1. The number of fused-ring (bicyclic) bond motifs is 1. The molecule has 4 nitrogen and oxygen atoms in total. The molecule has 1 aliphatic rings. The van der Waals surface area contributed by atoms with Crippen LogP contribution in [-0.2, 0) is 0 Å². The fraction of sp³-hybridized carbons (Fsp3) is 0.467. The molecule has 0 atom stereocenters. The third-order valence-corrected chi connectivity index (χ3v) is 4.02. The highest BCUT2D eigenvalue weighted by molar-refractivity contribution is 5.90. The molecule has 1 aromatic heterocycles. The SMILES string of the molecule is NC1CCC(CNc2cnnc3ccccc23)CC1. The van der Waals surface area contributed by atoms with Gasteiger partial charge in [-0.15, -0.1) is 0 Å². The largest absolute Gasteiger partial charge is 0.383 e. The Hall–Kier alpha value is -1.68. The smallest absolute Gasteiger partial charge is 0.0950 e. The van der Waals surface area contributed by atoms with Gasteiger partial charge in [0.1, 0.15) is 0 Å². The highest BCUT2D eigenvalue weighted by atomic mass is 15.1. The first-order valence-corrected chi connectivity index (χ1v) is 7.03. The van der Waals surface area contributed by atoms with Crippen LogP contribution in [0.4, 0.5) is 5.69 Å². The third-order valence-electron chi connectivity index (χ3n) is 4.02. The lowest BCUT2D eigenvalue weighted by atomic mass is 9.86. The topological polar surface area (TPSA) is 63.8 Å². The first-order valence-electron chi connectivity index (χ1n) is 7.03. The summed E-state index contributed by atoms with van der Waals surface area (Å²) in [6.07, 6.45) is 6.58. The van der Waals surface area contributed by atoms with Crippen LogP contribution in [0, 0.1) is 5.92 Å². The molecule has 0 spiro atoms. The molecule has 19 heavy (non-hydrogen) atoms. The van der Waals surface area contributed by atoms with Gasteiger partial charge in [-0.2, -0.15) is 10.2 Å². The molecule has 1 aliphatic carbocycles. The van der Waals surface area contributed by atoms with Gasteiger partial charge >= 0.3 is 0 Å². The van der Waals surface area contributed by atoms with Crippen molar-refractivity contribution in [2.24, 2.45) is 11.7 Å². The monoisotopic (exact) mass is 256 g/mol. The lowest BCUT2D eigenvalue weighted by Crippen LogP contribution is -2.29. The molecule has 1 saturated carbocycles. The Morgan fingerprint density at radius 3 is 2.79 bits per heavy atom. The number of nitrogens with two attached hydrogens (primary N) is 1. The maximum Gasteiger partial charge on any atom is 0.0950 e. The number of nitrogens with one attached hydrogen (secondary N) is 1. The summed E-state index contributed by atoms with van der Waals surface area (Å²) in [7, 11) is 0. The highest BCUT2D eigenvalue weighted by Crippen LogP contribution is 2.25. The molecule has 0 unspecified atom stereocenters. The fourth-order valence-electron chi connectivity index (χ4n) is 2.79. The van der Waals surface area contributed by atoms with E-state index in [2.05, 4.69) is 21.6 Å². The van der Waals surface area contributed by atoms with E-state index in [1.165, 1.54) is 12.8 Å². The summed E-state index contributed by atoms with van der Waals surface area (Å²) in [6.45, 7) is 1.00. The fourth-order valence-corrected chi connectivity index (χ4v) is 2.79. The van der Waals surface area contributed by atoms with Gasteiger partial charge in [-0.05, 0) is 37.7 Å². The average Bonchev–Trinajstić information content (AvgIpc) is 2.47. The second-order valence-electron chi connectivity index (χ2n) is 5.44. The molecule has 0 amide bonds. The van der Waals surface area contributed by atoms with Gasteiger partial charge in [-0.25, -0.2) is 0 Å². The van der Waals surface area contributed by atoms with E-state index in [0.717, 1.165) is 41.9 Å². The number of benzene rings is 1. The summed E-state index contributed by atoms with van der Waals surface area (Å²) in [4.78, 5) is 0. The van der Waals surface area contributed by atoms with E-state index in [4.69, 9.17) is 5.73 Å². The average molecular weight is 256 g/mol. The van der Waals surface area contributed by atoms with Crippen molar-refractivity contribution in [2.45, 2.75) is 31.7 Å². The van der Waals surface area contributed by atoms with E-state index in [1.54, 1.807) is 0 Å². The van der Waals surface area contributed by atoms with Crippen LogP contribution < -0.4 is 11.1 Å². The van der Waals surface area contributed by atoms with E-state index < -0.39 is 0 Å². The molecule has 0 bridgehead atoms. The van der Waals surface area contributed by atoms with Crippen molar-refractivity contribution in [3.8, 4) is 0 Å². The first-order chi connectivity index (χ1) is 9.33. The molecule has 0 radical (unpaired) electrons. The van der Waals surface area contributed by atoms with Crippen molar-refractivity contribution < 1.29 is 0 Å². The molecular formula is C15H20N4. The molecular weight excluding hydrogens is 236 g/mol. The number of rotatable bonds is 3. The van der Waals surface area contributed by atoms with Crippen LogP contribution in [-0.4, -0.2) is 22.8 Å².